The van der Waals surface area contributed by atoms with Crippen molar-refractivity contribution in [3.63, 3.8) is 0 Å². The van der Waals surface area contributed by atoms with Gasteiger partial charge in [0.15, 0.2) is 5.69 Å². The zero-order chi connectivity index (χ0) is 19.1. The molecule has 1 fully saturated rings. The molecule has 27 heavy (non-hydrogen) atoms. The summed E-state index contributed by atoms with van der Waals surface area (Å²) in [5, 5.41) is 11.9. The molecule has 1 aliphatic carbocycles. The van der Waals surface area contributed by atoms with Crippen molar-refractivity contribution in [1.82, 2.24) is 9.55 Å². The van der Waals surface area contributed by atoms with E-state index in [1.165, 1.54) is 0 Å². The van der Waals surface area contributed by atoms with E-state index in [1.54, 1.807) is 12.4 Å². The van der Waals surface area contributed by atoms with Crippen molar-refractivity contribution >= 4 is 28.2 Å². The van der Waals surface area contributed by atoms with Crippen LogP contribution < -0.4 is 0 Å². The van der Waals surface area contributed by atoms with E-state index in [1.807, 2.05) is 19.9 Å². The maximum atomic E-state index is 10.2. The summed E-state index contributed by atoms with van der Waals surface area (Å²) in [6.07, 6.45) is 9.12. The van der Waals surface area contributed by atoms with Gasteiger partial charge in [0.2, 0.25) is 0 Å². The van der Waals surface area contributed by atoms with E-state index in [0.717, 1.165) is 58.8 Å². The molecule has 0 spiro atoms. The molecule has 0 unspecified atom stereocenters. The van der Waals surface area contributed by atoms with Gasteiger partial charge in [-0.1, -0.05) is 11.6 Å². The third-order valence-corrected chi connectivity index (χ3v) is 6.13. The first kappa shape index (κ1) is 18.0. The average molecular weight is 380 g/mol. The lowest BCUT2D eigenvalue weighted by Crippen LogP contribution is -2.21. The average Bonchev–Trinajstić information content (AvgIpc) is 3.01. The van der Waals surface area contributed by atoms with Gasteiger partial charge >= 0.3 is 0 Å². The molecular formula is C22H22ClN3O. The molecule has 3 aromatic rings. The summed E-state index contributed by atoms with van der Waals surface area (Å²) >= 11 is 6.60. The highest BCUT2D eigenvalue weighted by atomic mass is 35.5. The van der Waals surface area contributed by atoms with Crippen LogP contribution in [0, 0.1) is 20.4 Å². The normalized spacial score (nSPS) is 20.0. The minimum absolute atomic E-state index is 0.250. The number of hydrogen-bond acceptors (Lipinski definition) is 2. The Labute approximate surface area is 164 Å². The van der Waals surface area contributed by atoms with Crippen molar-refractivity contribution in [3.05, 3.63) is 58.3 Å². The summed E-state index contributed by atoms with van der Waals surface area (Å²) in [4.78, 5) is 8.01. The van der Waals surface area contributed by atoms with Gasteiger partial charge in [0, 0.05) is 41.3 Å². The zero-order valence-corrected chi connectivity index (χ0v) is 16.3. The number of rotatable bonds is 2. The Morgan fingerprint density at radius 1 is 1.19 bits per heavy atom. The van der Waals surface area contributed by atoms with Crippen LogP contribution in [0.1, 0.15) is 42.9 Å². The smallest absolute Gasteiger partial charge is 0.190 e. The minimum Gasteiger partial charge on any atom is -0.393 e. The fraction of sp³-hybridized carbons (Fsp3) is 0.364. The summed E-state index contributed by atoms with van der Waals surface area (Å²) < 4.78 is 2.27. The Balaban J connectivity index is 1.98. The molecule has 138 valence electrons. The van der Waals surface area contributed by atoms with Crippen LogP contribution in [0.4, 0.5) is 5.69 Å². The van der Waals surface area contributed by atoms with Gasteiger partial charge in [-0.15, -0.1) is 0 Å². The molecule has 4 rings (SSSR count). The first-order chi connectivity index (χ1) is 13.0. The fourth-order valence-electron chi connectivity index (χ4n) is 4.15. The summed E-state index contributed by atoms with van der Waals surface area (Å²) in [7, 11) is 0. The van der Waals surface area contributed by atoms with Crippen molar-refractivity contribution in [2.75, 3.05) is 0 Å². The highest BCUT2D eigenvalue weighted by Gasteiger charge is 2.25. The Kier molecular flexibility index (Phi) is 4.67. The summed E-state index contributed by atoms with van der Waals surface area (Å²) in [6.45, 7) is 11.4. The number of aromatic nitrogens is 2. The lowest BCUT2D eigenvalue weighted by molar-refractivity contribution is 0.105. The molecule has 0 amide bonds. The largest absolute Gasteiger partial charge is 0.393 e. The number of aliphatic hydroxyl groups excluding tert-OH is 1. The van der Waals surface area contributed by atoms with E-state index < -0.39 is 0 Å². The van der Waals surface area contributed by atoms with Crippen molar-refractivity contribution in [2.24, 2.45) is 0 Å². The van der Waals surface area contributed by atoms with Gasteiger partial charge in [0.05, 0.1) is 17.7 Å². The Hall–Kier alpha value is -2.35. The van der Waals surface area contributed by atoms with Crippen molar-refractivity contribution in [3.8, 4) is 11.1 Å². The van der Waals surface area contributed by atoms with Gasteiger partial charge in [0.25, 0.3) is 0 Å². The van der Waals surface area contributed by atoms with Crippen LogP contribution in [-0.4, -0.2) is 20.8 Å². The number of halogens is 1. The summed E-state index contributed by atoms with van der Waals surface area (Å²) in [6, 6.07) is 4.30. The number of aliphatic hydroxyl groups is 1. The summed E-state index contributed by atoms with van der Waals surface area (Å²) in [5.41, 5.74) is 5.52. The topological polar surface area (TPSA) is 42.4 Å². The second-order valence-electron chi connectivity index (χ2n) is 7.51. The molecule has 2 heterocycles. The quantitative estimate of drug-likeness (QED) is 0.555. The molecule has 1 saturated carbocycles. The molecule has 0 saturated heterocycles. The third kappa shape index (κ3) is 3.12. The number of hydrogen-bond donors (Lipinski definition) is 1. The molecule has 0 bridgehead atoms. The standard InChI is InChI=1S/C22H22ClN3O/c1-13-7-21-17(9-20(13)24-3)19(18-11-25-10-14(2)22(18)23)12-26(21)15-5-4-6-16(27)8-15/h7,9-12,15-16,27H,4-6,8H2,1-2H3/t15-,16-/m1/s1. The van der Waals surface area contributed by atoms with E-state index in [9.17, 15) is 5.11 Å². The molecule has 2 aromatic heterocycles. The van der Waals surface area contributed by atoms with Gasteiger partial charge in [-0.25, -0.2) is 4.85 Å². The lowest BCUT2D eigenvalue weighted by atomic mass is 9.93. The van der Waals surface area contributed by atoms with Crippen molar-refractivity contribution in [2.45, 2.75) is 51.7 Å². The first-order valence-electron chi connectivity index (χ1n) is 9.30. The van der Waals surface area contributed by atoms with Gasteiger partial charge in [0.1, 0.15) is 0 Å². The predicted molar refractivity (Wildman–Crippen MR) is 109 cm³/mol. The van der Waals surface area contributed by atoms with Gasteiger partial charge in [-0.05, 0) is 68.2 Å². The second kappa shape index (κ2) is 6.99. The molecule has 1 aliphatic rings. The van der Waals surface area contributed by atoms with Crippen LogP contribution in [0.3, 0.4) is 0 Å². The number of nitrogens with zero attached hydrogens (tertiary/aromatic N) is 3. The lowest BCUT2D eigenvalue weighted by Gasteiger charge is -2.28. The van der Waals surface area contributed by atoms with Crippen LogP contribution in [0.2, 0.25) is 5.02 Å². The Morgan fingerprint density at radius 3 is 2.74 bits per heavy atom. The van der Waals surface area contributed by atoms with Gasteiger partial charge in [-0.2, -0.15) is 0 Å². The van der Waals surface area contributed by atoms with Crippen LogP contribution in [0.15, 0.2) is 30.7 Å². The Bertz CT molecular complexity index is 1060. The second-order valence-corrected chi connectivity index (χ2v) is 7.89. The van der Waals surface area contributed by atoms with Crippen molar-refractivity contribution in [1.29, 1.82) is 0 Å². The maximum absolute atomic E-state index is 10.2. The van der Waals surface area contributed by atoms with Gasteiger partial charge in [-0.3, -0.25) is 4.98 Å². The van der Waals surface area contributed by atoms with E-state index in [0.29, 0.717) is 10.7 Å². The van der Waals surface area contributed by atoms with Crippen LogP contribution >= 0.6 is 11.6 Å². The van der Waals surface area contributed by atoms with Crippen molar-refractivity contribution < 1.29 is 5.11 Å². The van der Waals surface area contributed by atoms with E-state index in [2.05, 4.69) is 26.7 Å². The minimum atomic E-state index is -0.252. The van der Waals surface area contributed by atoms with Crippen LogP contribution in [0.25, 0.3) is 26.9 Å². The van der Waals surface area contributed by atoms with E-state index in [-0.39, 0.29) is 12.1 Å². The number of fused-ring (bicyclic) bond motifs is 1. The van der Waals surface area contributed by atoms with E-state index in [4.69, 9.17) is 18.2 Å². The van der Waals surface area contributed by atoms with Gasteiger partial charge < -0.3 is 9.67 Å². The molecule has 1 aromatic carbocycles. The third-order valence-electron chi connectivity index (χ3n) is 5.63. The molecule has 0 radical (unpaired) electrons. The fourth-order valence-corrected chi connectivity index (χ4v) is 4.35. The molecule has 1 N–H and O–H groups in total. The maximum Gasteiger partial charge on any atom is 0.190 e. The molecule has 5 heteroatoms. The monoisotopic (exact) mass is 379 g/mol. The predicted octanol–water partition coefficient (Wildman–Crippen LogP) is 6.00. The van der Waals surface area contributed by atoms with E-state index >= 15 is 0 Å². The first-order valence-corrected chi connectivity index (χ1v) is 9.68. The van der Waals surface area contributed by atoms with Crippen LogP contribution in [-0.2, 0) is 0 Å². The summed E-state index contributed by atoms with van der Waals surface area (Å²) in [5.74, 6) is 0. The number of aryl methyl sites for hydroxylation is 2. The molecule has 2 atom stereocenters. The number of benzene rings is 1. The van der Waals surface area contributed by atoms with Crippen LogP contribution in [0.5, 0.6) is 0 Å². The highest BCUT2D eigenvalue weighted by molar-refractivity contribution is 6.34. The highest BCUT2D eigenvalue weighted by Crippen LogP contribution is 2.41. The SMILES string of the molecule is [C-]#[N+]c1cc2c(-c3cncc(C)c3Cl)cn([C@@H]3CCC[C@@H](O)C3)c2cc1C. The molecule has 0 aliphatic heterocycles. The molecular weight excluding hydrogens is 358 g/mol. The molecule has 4 nitrogen and oxygen atoms in total. The zero-order valence-electron chi connectivity index (χ0n) is 15.5. The number of pyridine rings is 1. The Morgan fingerprint density at radius 2 is 2.00 bits per heavy atom.